The highest BCUT2D eigenvalue weighted by Crippen LogP contribution is 2.20. The van der Waals surface area contributed by atoms with Crippen molar-refractivity contribution in [3.63, 3.8) is 0 Å². The van der Waals surface area contributed by atoms with Gasteiger partial charge in [0.2, 0.25) is 0 Å². The predicted octanol–water partition coefficient (Wildman–Crippen LogP) is 0.953. The first-order valence-electron chi connectivity index (χ1n) is 4.28. The van der Waals surface area contributed by atoms with Crippen molar-refractivity contribution in [2.24, 2.45) is 0 Å². The van der Waals surface area contributed by atoms with Gasteiger partial charge in [-0.2, -0.15) is 0 Å². The van der Waals surface area contributed by atoms with Gasteiger partial charge in [0.1, 0.15) is 0 Å². The Morgan fingerprint density at radius 3 is 3.30 bits per heavy atom. The van der Waals surface area contributed by atoms with Crippen molar-refractivity contribution < 1.29 is 0 Å². The number of nitrogens with zero attached hydrogens (tertiary/aromatic N) is 1. The fourth-order valence-corrected chi connectivity index (χ4v) is 1.91. The normalized spacial score (nSPS) is 35.4. The highest BCUT2D eigenvalue weighted by Gasteiger charge is 2.24. The number of hydrogen-bond acceptors (Lipinski definition) is 2. The van der Waals surface area contributed by atoms with Crippen molar-refractivity contribution in [3.05, 3.63) is 6.42 Å². The number of rotatable bonds is 0. The predicted molar refractivity (Wildman–Crippen MR) is 41.3 cm³/mol. The summed E-state index contributed by atoms with van der Waals surface area (Å²) in [6.45, 7) is 2.34. The van der Waals surface area contributed by atoms with Crippen LogP contribution in [0.4, 0.5) is 0 Å². The van der Waals surface area contributed by atoms with Gasteiger partial charge >= 0.3 is 0 Å². The largest absolute Gasteiger partial charge is 0.255 e. The highest BCUT2D eigenvalue weighted by molar-refractivity contribution is 4.85. The van der Waals surface area contributed by atoms with Crippen LogP contribution in [0.5, 0.6) is 0 Å². The molecule has 2 heterocycles. The van der Waals surface area contributed by atoms with Crippen LogP contribution in [0.2, 0.25) is 0 Å². The summed E-state index contributed by atoms with van der Waals surface area (Å²) in [5.74, 6) is 0. The number of hydrogen-bond donors (Lipinski definition) is 1. The Kier molecular flexibility index (Phi) is 1.91. The topological polar surface area (TPSA) is 15.3 Å². The molecule has 0 aliphatic carbocycles. The van der Waals surface area contributed by atoms with Gasteiger partial charge in [-0.1, -0.05) is 6.42 Å². The van der Waals surface area contributed by atoms with Gasteiger partial charge in [0, 0.05) is 19.1 Å². The second kappa shape index (κ2) is 2.89. The molecule has 2 rings (SSSR count). The third kappa shape index (κ3) is 1.18. The Hall–Kier alpha value is -0.0800. The van der Waals surface area contributed by atoms with Gasteiger partial charge in [0.15, 0.2) is 0 Å². The summed E-state index contributed by atoms with van der Waals surface area (Å²) in [7, 11) is 0. The standard InChI is InChI=1S/C8H15N2/c1-2-7-10-8(4-1)5-3-6-9-10/h3,8-9H,1-2,4-7H2. The molecule has 0 aromatic heterocycles. The number of hydrazine groups is 1. The smallest absolute Gasteiger partial charge is 0.0246 e. The van der Waals surface area contributed by atoms with Gasteiger partial charge in [0.25, 0.3) is 0 Å². The molecule has 2 fully saturated rings. The molecule has 2 aliphatic heterocycles. The minimum absolute atomic E-state index is 0.822. The molecular weight excluding hydrogens is 124 g/mol. The summed E-state index contributed by atoms with van der Waals surface area (Å²) in [4.78, 5) is 0. The molecule has 0 aromatic rings. The van der Waals surface area contributed by atoms with Gasteiger partial charge < -0.3 is 0 Å². The maximum Gasteiger partial charge on any atom is 0.0246 e. The van der Waals surface area contributed by atoms with E-state index in [1.54, 1.807) is 0 Å². The van der Waals surface area contributed by atoms with Crippen molar-refractivity contribution in [2.45, 2.75) is 31.7 Å². The lowest BCUT2D eigenvalue weighted by Crippen LogP contribution is -2.52. The van der Waals surface area contributed by atoms with Crippen LogP contribution in [0.25, 0.3) is 0 Å². The van der Waals surface area contributed by atoms with Crippen LogP contribution in [0, 0.1) is 6.42 Å². The average Bonchev–Trinajstić information content (AvgIpc) is 2.05. The second-order valence-corrected chi connectivity index (χ2v) is 3.23. The molecule has 1 radical (unpaired) electrons. The summed E-state index contributed by atoms with van der Waals surface area (Å²) in [6.07, 6.45) is 7.85. The first-order chi connectivity index (χ1) is 4.97. The molecule has 2 aliphatic rings. The van der Waals surface area contributed by atoms with E-state index in [2.05, 4.69) is 16.9 Å². The van der Waals surface area contributed by atoms with Gasteiger partial charge in [0.05, 0.1) is 0 Å². The molecule has 1 atom stereocenters. The zero-order chi connectivity index (χ0) is 6.81. The maximum atomic E-state index is 3.40. The number of nitrogens with one attached hydrogen (secondary N) is 1. The molecule has 2 heteroatoms. The van der Waals surface area contributed by atoms with Crippen LogP contribution < -0.4 is 5.43 Å². The van der Waals surface area contributed by atoms with E-state index in [4.69, 9.17) is 0 Å². The van der Waals surface area contributed by atoms with E-state index < -0.39 is 0 Å². The van der Waals surface area contributed by atoms with Crippen LogP contribution in [-0.2, 0) is 0 Å². The lowest BCUT2D eigenvalue weighted by Gasteiger charge is -2.39. The van der Waals surface area contributed by atoms with Crippen LogP contribution in [-0.4, -0.2) is 24.1 Å². The molecule has 0 aromatic carbocycles. The SMILES string of the molecule is [CH]1CNN2CCCCC2C1. The summed E-state index contributed by atoms with van der Waals surface area (Å²) >= 11 is 0. The summed E-state index contributed by atoms with van der Waals surface area (Å²) in [5.41, 5.74) is 3.40. The lowest BCUT2D eigenvalue weighted by molar-refractivity contribution is 0.0698. The summed E-state index contributed by atoms with van der Waals surface area (Å²) in [6, 6.07) is 0.822. The third-order valence-electron chi connectivity index (χ3n) is 2.50. The molecule has 1 unspecified atom stereocenters. The molecule has 0 saturated carbocycles. The maximum absolute atomic E-state index is 3.40. The molecule has 2 nitrogen and oxygen atoms in total. The first kappa shape index (κ1) is 6.62. The van der Waals surface area contributed by atoms with Crippen molar-refractivity contribution >= 4 is 0 Å². The second-order valence-electron chi connectivity index (χ2n) is 3.23. The highest BCUT2D eigenvalue weighted by atomic mass is 15.5. The van der Waals surface area contributed by atoms with Crippen molar-refractivity contribution in [3.8, 4) is 0 Å². The van der Waals surface area contributed by atoms with Gasteiger partial charge in [-0.3, -0.25) is 5.43 Å². The lowest BCUT2D eigenvalue weighted by atomic mass is 9.98. The Bertz CT molecular complexity index is 87.8. The number of piperidine rings is 1. The van der Waals surface area contributed by atoms with E-state index >= 15 is 0 Å². The molecule has 2 saturated heterocycles. The van der Waals surface area contributed by atoms with Gasteiger partial charge in [-0.15, -0.1) is 0 Å². The van der Waals surface area contributed by atoms with Crippen LogP contribution in [0.3, 0.4) is 0 Å². The van der Waals surface area contributed by atoms with E-state index in [0.717, 1.165) is 12.6 Å². The third-order valence-corrected chi connectivity index (χ3v) is 2.50. The minimum Gasteiger partial charge on any atom is -0.255 e. The van der Waals surface area contributed by atoms with E-state index in [9.17, 15) is 0 Å². The summed E-state index contributed by atoms with van der Waals surface area (Å²) < 4.78 is 0. The van der Waals surface area contributed by atoms with Crippen LogP contribution in [0.15, 0.2) is 0 Å². The monoisotopic (exact) mass is 139 g/mol. The summed E-state index contributed by atoms with van der Waals surface area (Å²) in [5, 5.41) is 2.42. The minimum atomic E-state index is 0.822. The molecule has 57 valence electrons. The number of fused-ring (bicyclic) bond motifs is 1. The van der Waals surface area contributed by atoms with Crippen LogP contribution >= 0.6 is 0 Å². The van der Waals surface area contributed by atoms with E-state index in [1.807, 2.05) is 0 Å². The van der Waals surface area contributed by atoms with Crippen LogP contribution in [0.1, 0.15) is 25.7 Å². The molecule has 10 heavy (non-hydrogen) atoms. The Balaban J connectivity index is 1.93. The van der Waals surface area contributed by atoms with Crippen molar-refractivity contribution in [1.82, 2.24) is 10.4 Å². The van der Waals surface area contributed by atoms with Crippen molar-refractivity contribution in [1.29, 1.82) is 0 Å². The fraction of sp³-hybridized carbons (Fsp3) is 0.875. The van der Waals surface area contributed by atoms with Gasteiger partial charge in [-0.05, 0) is 25.7 Å². The quantitative estimate of drug-likeness (QED) is 0.537. The first-order valence-corrected chi connectivity index (χ1v) is 4.28. The van der Waals surface area contributed by atoms with Crippen molar-refractivity contribution in [2.75, 3.05) is 13.1 Å². The molecule has 1 N–H and O–H groups in total. The molecule has 0 spiro atoms. The zero-order valence-corrected chi connectivity index (χ0v) is 6.34. The average molecular weight is 139 g/mol. The Morgan fingerprint density at radius 2 is 2.40 bits per heavy atom. The molecule has 0 bridgehead atoms. The Morgan fingerprint density at radius 1 is 1.40 bits per heavy atom. The molecular formula is C8H15N2. The zero-order valence-electron chi connectivity index (χ0n) is 6.34. The fourth-order valence-electron chi connectivity index (χ4n) is 1.91. The van der Waals surface area contributed by atoms with Gasteiger partial charge in [-0.25, -0.2) is 5.01 Å². The van der Waals surface area contributed by atoms with E-state index in [1.165, 1.54) is 32.2 Å². The Labute approximate surface area is 62.6 Å². The molecule has 0 amide bonds. The van der Waals surface area contributed by atoms with E-state index in [0.29, 0.717) is 0 Å². The van der Waals surface area contributed by atoms with E-state index in [-0.39, 0.29) is 0 Å².